The largest absolute Gasteiger partial charge is 0.392 e. The molecule has 10 heavy (non-hydrogen) atoms. The molecule has 0 amide bonds. The summed E-state index contributed by atoms with van der Waals surface area (Å²) >= 11 is 1.93. The predicted molar refractivity (Wildman–Crippen MR) is 46.3 cm³/mol. The Morgan fingerprint density at radius 2 is 2.30 bits per heavy atom. The highest BCUT2D eigenvalue weighted by molar-refractivity contribution is 8.00. The van der Waals surface area contributed by atoms with E-state index in [0.717, 1.165) is 5.75 Å². The van der Waals surface area contributed by atoms with Gasteiger partial charge in [-0.2, -0.15) is 11.8 Å². The van der Waals surface area contributed by atoms with Gasteiger partial charge in [0, 0.05) is 5.25 Å². The average molecular weight is 160 g/mol. The van der Waals surface area contributed by atoms with Gasteiger partial charge in [0.05, 0.1) is 6.10 Å². The summed E-state index contributed by atoms with van der Waals surface area (Å²) in [6, 6.07) is 0. The Kier molecular flexibility index (Phi) is 3.05. The normalized spacial score (nSPS) is 40.5. The molecule has 1 N–H and O–H groups in total. The van der Waals surface area contributed by atoms with Gasteiger partial charge >= 0.3 is 0 Å². The molecule has 0 spiro atoms. The minimum Gasteiger partial charge on any atom is -0.392 e. The first-order valence-electron chi connectivity index (χ1n) is 4.05. The molecule has 0 aromatic rings. The van der Waals surface area contributed by atoms with E-state index >= 15 is 0 Å². The standard InChI is InChI=1S/C8H16OS/c1-3-4-7-8(9)6(2)5-10-7/h6-9H,3-5H2,1-2H3/t6-,7-,8-/m1/s1. The Hall–Kier alpha value is 0.310. The van der Waals surface area contributed by atoms with E-state index in [1.807, 2.05) is 11.8 Å². The van der Waals surface area contributed by atoms with Crippen LogP contribution in [0.1, 0.15) is 26.7 Å². The first-order valence-corrected chi connectivity index (χ1v) is 5.10. The summed E-state index contributed by atoms with van der Waals surface area (Å²) in [5, 5.41) is 10.1. The molecule has 1 saturated heterocycles. The lowest BCUT2D eigenvalue weighted by molar-refractivity contribution is 0.131. The SMILES string of the molecule is CCC[C@H]1SC[C@@H](C)[C@H]1O. The zero-order valence-electron chi connectivity index (χ0n) is 6.71. The lowest BCUT2D eigenvalue weighted by Crippen LogP contribution is -2.22. The minimum absolute atomic E-state index is 0.0371. The second-order valence-electron chi connectivity index (χ2n) is 3.13. The highest BCUT2D eigenvalue weighted by atomic mass is 32.2. The number of hydrogen-bond acceptors (Lipinski definition) is 2. The summed E-state index contributed by atoms with van der Waals surface area (Å²) in [5.41, 5.74) is 0. The smallest absolute Gasteiger partial charge is 0.0692 e. The van der Waals surface area contributed by atoms with Crippen LogP contribution in [0.15, 0.2) is 0 Å². The van der Waals surface area contributed by atoms with Gasteiger partial charge in [0.2, 0.25) is 0 Å². The Morgan fingerprint density at radius 3 is 2.70 bits per heavy atom. The van der Waals surface area contributed by atoms with Crippen molar-refractivity contribution in [3.8, 4) is 0 Å². The van der Waals surface area contributed by atoms with Gasteiger partial charge in [-0.1, -0.05) is 20.3 Å². The van der Waals surface area contributed by atoms with Gasteiger partial charge in [0.25, 0.3) is 0 Å². The van der Waals surface area contributed by atoms with E-state index in [2.05, 4.69) is 13.8 Å². The summed E-state index contributed by atoms with van der Waals surface area (Å²) in [7, 11) is 0. The predicted octanol–water partition coefficient (Wildman–Crippen LogP) is 1.90. The summed E-state index contributed by atoms with van der Waals surface area (Å²) in [4.78, 5) is 0. The first kappa shape index (κ1) is 8.41. The maximum absolute atomic E-state index is 9.57. The van der Waals surface area contributed by atoms with E-state index < -0.39 is 0 Å². The number of aliphatic hydroxyl groups is 1. The fourth-order valence-electron chi connectivity index (χ4n) is 1.38. The molecule has 1 heterocycles. The van der Waals surface area contributed by atoms with E-state index in [1.54, 1.807) is 0 Å². The van der Waals surface area contributed by atoms with Crippen LogP contribution in [-0.2, 0) is 0 Å². The van der Waals surface area contributed by atoms with Gasteiger partial charge in [0.1, 0.15) is 0 Å². The van der Waals surface area contributed by atoms with E-state index in [-0.39, 0.29) is 6.10 Å². The Bertz CT molecular complexity index is 103. The van der Waals surface area contributed by atoms with Crippen LogP contribution in [0.2, 0.25) is 0 Å². The lowest BCUT2D eigenvalue weighted by atomic mass is 10.0. The van der Waals surface area contributed by atoms with Crippen LogP contribution >= 0.6 is 11.8 Å². The second-order valence-corrected chi connectivity index (χ2v) is 4.40. The fraction of sp³-hybridized carbons (Fsp3) is 1.00. The van der Waals surface area contributed by atoms with E-state index in [4.69, 9.17) is 0 Å². The van der Waals surface area contributed by atoms with Crippen molar-refractivity contribution < 1.29 is 5.11 Å². The van der Waals surface area contributed by atoms with Crippen LogP contribution in [0.3, 0.4) is 0 Å². The molecular weight excluding hydrogens is 144 g/mol. The van der Waals surface area contributed by atoms with Gasteiger partial charge < -0.3 is 5.11 Å². The first-order chi connectivity index (χ1) is 4.75. The molecule has 0 aromatic carbocycles. The highest BCUT2D eigenvalue weighted by Crippen LogP contribution is 2.33. The second kappa shape index (κ2) is 3.63. The van der Waals surface area contributed by atoms with Crippen molar-refractivity contribution in [2.45, 2.75) is 38.0 Å². The Balaban J connectivity index is 2.33. The molecule has 1 fully saturated rings. The zero-order chi connectivity index (χ0) is 7.56. The van der Waals surface area contributed by atoms with Crippen molar-refractivity contribution in [3.05, 3.63) is 0 Å². The molecule has 0 saturated carbocycles. The summed E-state index contributed by atoms with van der Waals surface area (Å²) in [5.74, 6) is 1.66. The van der Waals surface area contributed by atoms with Crippen molar-refractivity contribution in [2.24, 2.45) is 5.92 Å². The number of rotatable bonds is 2. The molecule has 0 aromatic heterocycles. The molecule has 0 aliphatic carbocycles. The van der Waals surface area contributed by atoms with Crippen LogP contribution in [0, 0.1) is 5.92 Å². The van der Waals surface area contributed by atoms with E-state index in [0.29, 0.717) is 11.2 Å². The van der Waals surface area contributed by atoms with E-state index in [1.165, 1.54) is 12.8 Å². The van der Waals surface area contributed by atoms with Crippen molar-refractivity contribution in [1.29, 1.82) is 0 Å². The number of aliphatic hydroxyl groups excluding tert-OH is 1. The topological polar surface area (TPSA) is 20.2 Å². The van der Waals surface area contributed by atoms with Crippen LogP contribution < -0.4 is 0 Å². The van der Waals surface area contributed by atoms with Crippen LogP contribution in [0.4, 0.5) is 0 Å². The molecule has 0 bridgehead atoms. The van der Waals surface area contributed by atoms with Crippen molar-refractivity contribution in [2.75, 3.05) is 5.75 Å². The van der Waals surface area contributed by atoms with Crippen molar-refractivity contribution in [3.63, 3.8) is 0 Å². The number of thioether (sulfide) groups is 1. The Labute approximate surface area is 67.2 Å². The van der Waals surface area contributed by atoms with Gasteiger partial charge in [0.15, 0.2) is 0 Å². The van der Waals surface area contributed by atoms with Crippen molar-refractivity contribution >= 4 is 11.8 Å². The molecular formula is C8H16OS. The summed E-state index contributed by atoms with van der Waals surface area (Å²) in [6.45, 7) is 4.31. The molecule has 1 nitrogen and oxygen atoms in total. The quantitative estimate of drug-likeness (QED) is 0.666. The van der Waals surface area contributed by atoms with Crippen LogP contribution in [-0.4, -0.2) is 22.2 Å². The van der Waals surface area contributed by atoms with Crippen molar-refractivity contribution in [1.82, 2.24) is 0 Å². The van der Waals surface area contributed by atoms with Crippen LogP contribution in [0.5, 0.6) is 0 Å². The third-order valence-electron chi connectivity index (χ3n) is 2.11. The average Bonchev–Trinajstić information content (AvgIpc) is 2.20. The van der Waals surface area contributed by atoms with Gasteiger partial charge in [-0.3, -0.25) is 0 Å². The van der Waals surface area contributed by atoms with Gasteiger partial charge in [-0.05, 0) is 18.1 Å². The fourth-order valence-corrected chi connectivity index (χ4v) is 2.99. The minimum atomic E-state index is -0.0371. The van der Waals surface area contributed by atoms with Gasteiger partial charge in [-0.15, -0.1) is 0 Å². The molecule has 0 unspecified atom stereocenters. The molecule has 1 rings (SSSR count). The van der Waals surface area contributed by atoms with Crippen LogP contribution in [0.25, 0.3) is 0 Å². The summed E-state index contributed by atoms with van der Waals surface area (Å²) in [6.07, 6.45) is 2.34. The molecule has 60 valence electrons. The number of hydrogen-bond donors (Lipinski definition) is 1. The lowest BCUT2D eigenvalue weighted by Gasteiger charge is -2.14. The molecule has 2 heteroatoms. The highest BCUT2D eigenvalue weighted by Gasteiger charge is 2.31. The maximum Gasteiger partial charge on any atom is 0.0692 e. The molecule has 3 atom stereocenters. The van der Waals surface area contributed by atoms with Gasteiger partial charge in [-0.25, -0.2) is 0 Å². The maximum atomic E-state index is 9.57. The third-order valence-corrected chi connectivity index (χ3v) is 3.77. The molecule has 0 radical (unpaired) electrons. The molecule has 1 aliphatic rings. The third kappa shape index (κ3) is 1.67. The summed E-state index contributed by atoms with van der Waals surface area (Å²) < 4.78 is 0. The van der Waals surface area contributed by atoms with E-state index in [9.17, 15) is 5.11 Å². The Morgan fingerprint density at radius 1 is 1.60 bits per heavy atom. The zero-order valence-corrected chi connectivity index (χ0v) is 7.53. The monoisotopic (exact) mass is 160 g/mol. The molecule has 1 aliphatic heterocycles.